The molecule has 0 unspecified atom stereocenters. The summed E-state index contributed by atoms with van der Waals surface area (Å²) >= 11 is 0. The number of hydrogen-bond donors (Lipinski definition) is 0. The van der Waals surface area contributed by atoms with E-state index in [1.807, 2.05) is 0 Å². The number of alkyl halides is 3. The molecule has 15 heteroatoms. The number of rotatable bonds is 8. The van der Waals surface area contributed by atoms with Crippen LogP contribution in [0.5, 0.6) is 17.5 Å². The van der Waals surface area contributed by atoms with Gasteiger partial charge in [-0.1, -0.05) is 6.07 Å². The minimum absolute atomic E-state index is 0.0485. The van der Waals surface area contributed by atoms with E-state index in [9.17, 15) is 18.0 Å². The molecule has 5 aromatic rings. The average molecular weight is 581 g/mol. The fourth-order valence-corrected chi connectivity index (χ4v) is 4.64. The van der Waals surface area contributed by atoms with Gasteiger partial charge in [-0.2, -0.15) is 23.0 Å². The second-order valence-corrected chi connectivity index (χ2v) is 9.49. The van der Waals surface area contributed by atoms with Crippen LogP contribution in [0.25, 0.3) is 28.2 Å². The van der Waals surface area contributed by atoms with Crippen molar-refractivity contribution >= 4 is 11.2 Å². The Labute approximate surface area is 235 Å². The molecule has 6 rings (SSSR count). The molecule has 12 nitrogen and oxygen atoms in total. The Balaban J connectivity index is 1.42. The maximum atomic E-state index is 13.3. The van der Waals surface area contributed by atoms with Crippen LogP contribution >= 0.6 is 0 Å². The van der Waals surface area contributed by atoms with E-state index in [1.165, 1.54) is 50.7 Å². The number of aromatic nitrogens is 8. The third kappa shape index (κ3) is 4.86. The molecule has 216 valence electrons. The van der Waals surface area contributed by atoms with Gasteiger partial charge in [0.15, 0.2) is 17.2 Å². The summed E-state index contributed by atoms with van der Waals surface area (Å²) in [6.45, 7) is 0.0485. The normalized spacial score (nSPS) is 13.4. The van der Waals surface area contributed by atoms with E-state index >= 15 is 0 Å². The van der Waals surface area contributed by atoms with Crippen molar-refractivity contribution < 1.29 is 27.4 Å². The van der Waals surface area contributed by atoms with Crippen LogP contribution in [0.3, 0.4) is 0 Å². The van der Waals surface area contributed by atoms with Gasteiger partial charge in [-0.15, -0.1) is 0 Å². The summed E-state index contributed by atoms with van der Waals surface area (Å²) in [7, 11) is 4.13. The molecule has 0 spiro atoms. The van der Waals surface area contributed by atoms with Crippen LogP contribution in [0.15, 0.2) is 47.8 Å². The number of benzene rings is 1. The molecule has 0 atom stereocenters. The fourth-order valence-electron chi connectivity index (χ4n) is 4.64. The first-order chi connectivity index (χ1) is 20.2. The topological polar surface area (TPSA) is 132 Å². The van der Waals surface area contributed by atoms with Gasteiger partial charge in [0.05, 0.1) is 46.0 Å². The van der Waals surface area contributed by atoms with Crippen LogP contribution in [0, 0.1) is 0 Å². The van der Waals surface area contributed by atoms with Crippen molar-refractivity contribution in [2.75, 3.05) is 21.3 Å². The second-order valence-electron chi connectivity index (χ2n) is 9.49. The Morgan fingerprint density at radius 1 is 0.976 bits per heavy atom. The molecule has 1 aliphatic carbocycles. The lowest BCUT2D eigenvalue weighted by atomic mass is 10.1. The largest absolute Gasteiger partial charge is 0.494 e. The molecule has 0 bridgehead atoms. The SMILES string of the molecule is COc1cc(Cn2c(=O)cnc3cnc(-c4c(OC)ncnc4C4CC4)nc32)ccc1-n1nc(C(F)(F)F)cc1OC. The molecule has 1 fully saturated rings. The first kappa shape index (κ1) is 27.1. The van der Waals surface area contributed by atoms with Gasteiger partial charge in [0.25, 0.3) is 5.56 Å². The Bertz CT molecular complexity index is 1870. The standard InChI is InChI=1S/C27H23F3N8O4/c1-40-18-8-14(4-7-17(18)38-21(41-2)9-19(36-38)27(28,29)30)12-37-20(39)11-31-16-10-32-24(35-25(16)37)22-23(15-5-6-15)33-13-34-26(22)42-3/h4,7-11,13,15H,5-6,12H2,1-3H3. The summed E-state index contributed by atoms with van der Waals surface area (Å²) in [6.07, 6.45) is 1.42. The minimum Gasteiger partial charge on any atom is -0.494 e. The van der Waals surface area contributed by atoms with Gasteiger partial charge >= 0.3 is 6.18 Å². The number of methoxy groups -OCH3 is 3. The molecule has 1 aliphatic rings. The van der Waals surface area contributed by atoms with E-state index in [-0.39, 0.29) is 35.4 Å². The van der Waals surface area contributed by atoms with E-state index in [0.29, 0.717) is 28.3 Å². The van der Waals surface area contributed by atoms with Crippen LogP contribution in [0.4, 0.5) is 13.2 Å². The second kappa shape index (κ2) is 10.4. The first-order valence-corrected chi connectivity index (χ1v) is 12.7. The van der Waals surface area contributed by atoms with Crippen LogP contribution in [-0.4, -0.2) is 60.6 Å². The van der Waals surface area contributed by atoms with Gasteiger partial charge in [0, 0.05) is 12.0 Å². The zero-order chi connectivity index (χ0) is 29.6. The maximum Gasteiger partial charge on any atom is 0.435 e. The van der Waals surface area contributed by atoms with E-state index in [1.54, 1.807) is 12.1 Å². The van der Waals surface area contributed by atoms with Gasteiger partial charge < -0.3 is 14.2 Å². The zero-order valence-corrected chi connectivity index (χ0v) is 22.6. The van der Waals surface area contributed by atoms with E-state index in [4.69, 9.17) is 19.2 Å². The lowest BCUT2D eigenvalue weighted by Crippen LogP contribution is -2.22. The predicted octanol–water partition coefficient (Wildman–Crippen LogP) is 3.80. The van der Waals surface area contributed by atoms with Gasteiger partial charge in [-0.3, -0.25) is 9.36 Å². The van der Waals surface area contributed by atoms with Crippen molar-refractivity contribution in [1.82, 2.24) is 39.3 Å². The molecular weight excluding hydrogens is 557 g/mol. The third-order valence-electron chi connectivity index (χ3n) is 6.80. The molecule has 0 N–H and O–H groups in total. The lowest BCUT2D eigenvalue weighted by molar-refractivity contribution is -0.141. The van der Waals surface area contributed by atoms with Crippen molar-refractivity contribution in [2.24, 2.45) is 0 Å². The van der Waals surface area contributed by atoms with Crippen LogP contribution in [0.2, 0.25) is 0 Å². The molecule has 0 saturated heterocycles. The van der Waals surface area contributed by atoms with E-state index in [0.717, 1.165) is 29.3 Å². The molecule has 1 aromatic carbocycles. The van der Waals surface area contributed by atoms with Crippen LogP contribution in [0.1, 0.15) is 35.7 Å². The summed E-state index contributed by atoms with van der Waals surface area (Å²) in [5.41, 5.74) is 1.28. The number of ether oxygens (including phenoxy) is 3. The van der Waals surface area contributed by atoms with Crippen molar-refractivity contribution in [1.29, 1.82) is 0 Å². The van der Waals surface area contributed by atoms with E-state index in [2.05, 4.69) is 25.0 Å². The number of hydrogen-bond acceptors (Lipinski definition) is 10. The Kier molecular flexibility index (Phi) is 6.71. The Hall–Kier alpha value is -5.08. The van der Waals surface area contributed by atoms with E-state index < -0.39 is 17.4 Å². The Morgan fingerprint density at radius 3 is 2.48 bits per heavy atom. The molecule has 0 radical (unpaired) electrons. The fraction of sp³-hybridized carbons (Fsp3) is 0.296. The van der Waals surface area contributed by atoms with Crippen molar-refractivity contribution in [3.05, 3.63) is 70.3 Å². The zero-order valence-electron chi connectivity index (χ0n) is 22.6. The first-order valence-electron chi connectivity index (χ1n) is 12.7. The number of fused-ring (bicyclic) bond motifs is 1. The third-order valence-corrected chi connectivity index (χ3v) is 6.80. The molecular formula is C27H23F3N8O4. The maximum absolute atomic E-state index is 13.3. The number of halogens is 3. The summed E-state index contributed by atoms with van der Waals surface area (Å²) in [6, 6.07) is 5.58. The molecule has 0 aliphatic heterocycles. The molecule has 1 saturated carbocycles. The molecule has 4 aromatic heterocycles. The quantitative estimate of drug-likeness (QED) is 0.267. The monoisotopic (exact) mass is 580 g/mol. The van der Waals surface area contributed by atoms with Gasteiger partial charge in [0.1, 0.15) is 28.8 Å². The molecule has 42 heavy (non-hydrogen) atoms. The van der Waals surface area contributed by atoms with Gasteiger partial charge in [-0.05, 0) is 30.5 Å². The number of nitrogens with zero attached hydrogens (tertiary/aromatic N) is 8. The van der Waals surface area contributed by atoms with Gasteiger partial charge in [-0.25, -0.2) is 24.9 Å². The molecule has 4 heterocycles. The summed E-state index contributed by atoms with van der Waals surface area (Å²) in [5, 5.41) is 3.66. The van der Waals surface area contributed by atoms with Crippen LogP contribution in [-0.2, 0) is 12.7 Å². The Morgan fingerprint density at radius 2 is 1.79 bits per heavy atom. The van der Waals surface area contributed by atoms with Crippen molar-refractivity contribution in [2.45, 2.75) is 31.5 Å². The average Bonchev–Trinajstić information content (AvgIpc) is 3.74. The highest BCUT2D eigenvalue weighted by atomic mass is 19.4. The lowest BCUT2D eigenvalue weighted by Gasteiger charge is -2.15. The smallest absolute Gasteiger partial charge is 0.435 e. The van der Waals surface area contributed by atoms with Crippen molar-refractivity contribution in [3.63, 3.8) is 0 Å². The minimum atomic E-state index is -4.66. The van der Waals surface area contributed by atoms with Gasteiger partial charge in [0.2, 0.25) is 11.8 Å². The summed E-state index contributed by atoms with van der Waals surface area (Å²) in [4.78, 5) is 35.1. The molecule has 0 amide bonds. The van der Waals surface area contributed by atoms with Crippen LogP contribution < -0.4 is 19.8 Å². The summed E-state index contributed by atoms with van der Waals surface area (Å²) in [5.74, 6) is 0.956. The highest BCUT2D eigenvalue weighted by Crippen LogP contribution is 2.45. The predicted molar refractivity (Wildman–Crippen MR) is 142 cm³/mol. The highest BCUT2D eigenvalue weighted by Gasteiger charge is 2.36. The highest BCUT2D eigenvalue weighted by molar-refractivity contribution is 5.74. The summed E-state index contributed by atoms with van der Waals surface area (Å²) < 4.78 is 58.4. The van der Waals surface area contributed by atoms with Crippen molar-refractivity contribution in [3.8, 4) is 34.6 Å².